The molecule has 2 nitrogen and oxygen atoms in total. The zero-order valence-corrected chi connectivity index (χ0v) is 12.6. The Morgan fingerprint density at radius 1 is 1.18 bits per heavy atom. The predicted molar refractivity (Wildman–Crippen MR) is 74.9 cm³/mol. The minimum Gasteiger partial charge on any atom is -0.351 e. The second-order valence-corrected chi connectivity index (χ2v) is 7.01. The molecule has 0 rings (SSSR count). The lowest BCUT2D eigenvalue weighted by atomic mass is 9.82. The van der Waals surface area contributed by atoms with Gasteiger partial charge in [-0.05, 0) is 46.0 Å². The van der Waals surface area contributed by atoms with Crippen molar-refractivity contribution in [3.8, 4) is 0 Å². The maximum absolute atomic E-state index is 12.2. The Labute approximate surface area is 107 Å². The molecule has 1 atom stereocenters. The largest absolute Gasteiger partial charge is 0.351 e. The number of carbonyl (C=O) groups excluding carboxylic acids is 1. The lowest BCUT2D eigenvalue weighted by molar-refractivity contribution is -0.127. The first kappa shape index (κ1) is 16.2. The first-order valence-corrected chi connectivity index (χ1v) is 6.48. The SMILES string of the molecule is C/C=C/CC(CC(C)(C)C)C(=O)NC(C)(C)C. The van der Waals surface area contributed by atoms with Gasteiger partial charge in [-0.1, -0.05) is 32.9 Å². The molecule has 0 aliphatic rings. The van der Waals surface area contributed by atoms with Crippen LogP contribution in [0, 0.1) is 11.3 Å². The number of nitrogens with one attached hydrogen (secondary N) is 1. The molecule has 1 unspecified atom stereocenters. The van der Waals surface area contributed by atoms with Gasteiger partial charge in [0.1, 0.15) is 0 Å². The summed E-state index contributed by atoms with van der Waals surface area (Å²) in [6.07, 6.45) is 5.84. The highest BCUT2D eigenvalue weighted by atomic mass is 16.2. The van der Waals surface area contributed by atoms with E-state index in [2.05, 4.69) is 32.2 Å². The number of carbonyl (C=O) groups is 1. The van der Waals surface area contributed by atoms with Crippen LogP contribution >= 0.6 is 0 Å². The summed E-state index contributed by atoms with van der Waals surface area (Å²) < 4.78 is 0. The van der Waals surface area contributed by atoms with Crippen molar-refractivity contribution in [2.24, 2.45) is 11.3 Å². The molecule has 0 heterocycles. The Balaban J connectivity index is 4.62. The number of hydrogen-bond acceptors (Lipinski definition) is 1. The van der Waals surface area contributed by atoms with E-state index in [-0.39, 0.29) is 22.8 Å². The van der Waals surface area contributed by atoms with Crippen LogP contribution in [0.1, 0.15) is 61.3 Å². The second-order valence-electron chi connectivity index (χ2n) is 7.01. The van der Waals surface area contributed by atoms with E-state index in [4.69, 9.17) is 0 Å². The van der Waals surface area contributed by atoms with Gasteiger partial charge in [-0.25, -0.2) is 0 Å². The van der Waals surface area contributed by atoms with E-state index in [9.17, 15) is 4.79 Å². The van der Waals surface area contributed by atoms with Crippen LogP contribution in [0.4, 0.5) is 0 Å². The van der Waals surface area contributed by atoms with Gasteiger partial charge in [0.05, 0.1) is 0 Å². The Morgan fingerprint density at radius 3 is 2.06 bits per heavy atom. The summed E-state index contributed by atoms with van der Waals surface area (Å²) in [7, 11) is 0. The summed E-state index contributed by atoms with van der Waals surface area (Å²) in [4.78, 5) is 12.2. The predicted octanol–water partition coefficient (Wildman–Crippen LogP) is 3.92. The number of hydrogen-bond donors (Lipinski definition) is 1. The molecule has 0 fully saturated rings. The van der Waals surface area contributed by atoms with Crippen LogP contribution in [-0.4, -0.2) is 11.4 Å². The van der Waals surface area contributed by atoms with Crippen LogP contribution in [0.3, 0.4) is 0 Å². The molecule has 0 radical (unpaired) electrons. The number of amides is 1. The summed E-state index contributed by atoms with van der Waals surface area (Å²) in [5, 5.41) is 3.08. The van der Waals surface area contributed by atoms with Crippen molar-refractivity contribution < 1.29 is 4.79 Å². The molecule has 1 amide bonds. The van der Waals surface area contributed by atoms with E-state index in [0.29, 0.717) is 0 Å². The molecule has 0 aromatic carbocycles. The van der Waals surface area contributed by atoms with Crippen molar-refractivity contribution in [1.82, 2.24) is 5.32 Å². The van der Waals surface area contributed by atoms with Crippen molar-refractivity contribution in [2.45, 2.75) is 66.8 Å². The maximum Gasteiger partial charge on any atom is 0.223 e. The molecule has 0 spiro atoms. The molecule has 0 aromatic rings. The van der Waals surface area contributed by atoms with Gasteiger partial charge in [-0.3, -0.25) is 4.79 Å². The molecule has 17 heavy (non-hydrogen) atoms. The van der Waals surface area contributed by atoms with Gasteiger partial charge < -0.3 is 5.32 Å². The van der Waals surface area contributed by atoms with E-state index in [1.807, 2.05) is 33.8 Å². The minimum absolute atomic E-state index is 0.0745. The fourth-order valence-corrected chi connectivity index (χ4v) is 1.79. The molecule has 2 heteroatoms. The molecule has 0 aromatic heterocycles. The highest BCUT2D eigenvalue weighted by Gasteiger charge is 2.26. The normalized spacial score (nSPS) is 15.0. The van der Waals surface area contributed by atoms with E-state index in [0.717, 1.165) is 12.8 Å². The highest BCUT2D eigenvalue weighted by Crippen LogP contribution is 2.27. The third kappa shape index (κ3) is 8.96. The van der Waals surface area contributed by atoms with E-state index in [1.165, 1.54) is 0 Å². The standard InChI is InChI=1S/C15H29NO/c1-8-9-10-12(11-14(2,3)4)13(17)16-15(5,6)7/h8-9,12H,10-11H2,1-7H3,(H,16,17)/b9-8+. The van der Waals surface area contributed by atoms with Crippen LogP contribution in [0.15, 0.2) is 12.2 Å². The summed E-state index contributed by atoms with van der Waals surface area (Å²) in [5.41, 5.74) is 0.0324. The average Bonchev–Trinajstić information content (AvgIpc) is 2.07. The molecular weight excluding hydrogens is 210 g/mol. The maximum atomic E-state index is 12.2. The van der Waals surface area contributed by atoms with Gasteiger partial charge in [0.15, 0.2) is 0 Å². The smallest absolute Gasteiger partial charge is 0.223 e. The van der Waals surface area contributed by atoms with Crippen molar-refractivity contribution in [1.29, 1.82) is 0 Å². The molecule has 0 aliphatic heterocycles. The van der Waals surface area contributed by atoms with Crippen molar-refractivity contribution in [3.05, 3.63) is 12.2 Å². The van der Waals surface area contributed by atoms with Crippen molar-refractivity contribution in [2.75, 3.05) is 0 Å². The lowest BCUT2D eigenvalue weighted by Gasteiger charge is -2.28. The quantitative estimate of drug-likeness (QED) is 0.740. The van der Waals surface area contributed by atoms with Gasteiger partial charge in [0.2, 0.25) is 5.91 Å². The number of allylic oxidation sites excluding steroid dienone is 2. The summed E-state index contributed by atoms with van der Waals surface area (Å²) in [6, 6.07) is 0. The zero-order valence-electron chi connectivity index (χ0n) is 12.6. The summed E-state index contributed by atoms with van der Waals surface area (Å²) >= 11 is 0. The molecule has 0 saturated carbocycles. The Morgan fingerprint density at radius 2 is 1.71 bits per heavy atom. The third-order valence-electron chi connectivity index (χ3n) is 2.38. The van der Waals surface area contributed by atoms with Gasteiger partial charge in [0.25, 0.3) is 0 Å². The van der Waals surface area contributed by atoms with Gasteiger partial charge in [-0.15, -0.1) is 0 Å². The minimum atomic E-state index is -0.150. The van der Waals surface area contributed by atoms with Crippen LogP contribution in [-0.2, 0) is 4.79 Å². The monoisotopic (exact) mass is 239 g/mol. The van der Waals surface area contributed by atoms with Crippen molar-refractivity contribution in [3.63, 3.8) is 0 Å². The highest BCUT2D eigenvalue weighted by molar-refractivity contribution is 5.79. The van der Waals surface area contributed by atoms with E-state index < -0.39 is 0 Å². The van der Waals surface area contributed by atoms with E-state index >= 15 is 0 Å². The molecular formula is C15H29NO. The molecule has 0 aliphatic carbocycles. The second kappa shape index (κ2) is 6.23. The Bertz CT molecular complexity index is 266. The average molecular weight is 239 g/mol. The first-order chi connectivity index (χ1) is 7.55. The van der Waals surface area contributed by atoms with Crippen LogP contribution in [0.5, 0.6) is 0 Å². The topological polar surface area (TPSA) is 29.1 Å². The third-order valence-corrected chi connectivity index (χ3v) is 2.38. The van der Waals surface area contributed by atoms with Crippen LogP contribution in [0.25, 0.3) is 0 Å². The number of rotatable bonds is 4. The zero-order chi connectivity index (χ0) is 13.7. The van der Waals surface area contributed by atoms with Crippen LogP contribution in [0.2, 0.25) is 0 Å². The fraction of sp³-hybridized carbons (Fsp3) is 0.800. The molecule has 0 bridgehead atoms. The van der Waals surface area contributed by atoms with E-state index in [1.54, 1.807) is 0 Å². The first-order valence-electron chi connectivity index (χ1n) is 6.48. The van der Waals surface area contributed by atoms with Gasteiger partial charge in [-0.2, -0.15) is 0 Å². The summed E-state index contributed by atoms with van der Waals surface area (Å²) in [6.45, 7) is 14.6. The van der Waals surface area contributed by atoms with Crippen molar-refractivity contribution >= 4 is 5.91 Å². The molecule has 100 valence electrons. The Hall–Kier alpha value is -0.790. The lowest BCUT2D eigenvalue weighted by Crippen LogP contribution is -2.44. The Kier molecular flexibility index (Phi) is 5.94. The van der Waals surface area contributed by atoms with Crippen LogP contribution < -0.4 is 5.32 Å². The van der Waals surface area contributed by atoms with Gasteiger partial charge in [0, 0.05) is 11.5 Å². The molecule has 1 N–H and O–H groups in total. The molecule has 0 saturated heterocycles. The summed E-state index contributed by atoms with van der Waals surface area (Å²) in [5.74, 6) is 0.246. The van der Waals surface area contributed by atoms with Gasteiger partial charge >= 0.3 is 0 Å². The fourth-order valence-electron chi connectivity index (χ4n) is 1.79.